The molecule has 0 atom stereocenters. The zero-order valence-electron chi connectivity index (χ0n) is 30.3. The van der Waals surface area contributed by atoms with Crippen LogP contribution in [-0.4, -0.2) is 63.0 Å². The number of aldehydes is 1. The molecule has 1 heterocycles. The normalized spacial score (nSPS) is 14.1. The van der Waals surface area contributed by atoms with E-state index in [9.17, 15) is 36.3 Å². The molecule has 1 aliphatic rings. The molecule has 4 aromatic carbocycles. The number of alkyl halides is 3. The van der Waals surface area contributed by atoms with Gasteiger partial charge in [-0.15, -0.1) is 0 Å². The van der Waals surface area contributed by atoms with Gasteiger partial charge in [0.2, 0.25) is 0 Å². The van der Waals surface area contributed by atoms with Crippen LogP contribution in [0.4, 0.5) is 27.6 Å². The third-order valence-corrected chi connectivity index (χ3v) is 11.8. The Hall–Kier alpha value is -4.34. The van der Waals surface area contributed by atoms with E-state index >= 15 is 0 Å². The SMILES string of the molecule is CC(=O)C(C)(C)N1CCC(N(Cc2ccc(-c3ccc(C(F)(F)F)cc3)cc2)C(=O)CN([C](=[W])CCc2cccc(F)c2F)c2ccccc2C=O)CC1. The summed E-state index contributed by atoms with van der Waals surface area (Å²) in [6.45, 7) is 6.70. The summed E-state index contributed by atoms with van der Waals surface area (Å²) in [6, 6.07) is 23.1. The number of carbonyl (C=O) groups excluding carboxylic acids is 3. The molecule has 1 amide bonds. The number of anilines is 1. The van der Waals surface area contributed by atoms with E-state index in [0.29, 0.717) is 49.2 Å². The molecule has 0 saturated carbocycles. The summed E-state index contributed by atoms with van der Waals surface area (Å²) >= 11 is 1.00. The van der Waals surface area contributed by atoms with E-state index in [2.05, 4.69) is 4.90 Å². The van der Waals surface area contributed by atoms with Gasteiger partial charge in [0, 0.05) is 0 Å². The second-order valence-corrected chi connectivity index (χ2v) is 15.7. The van der Waals surface area contributed by atoms with Gasteiger partial charge in [-0.3, -0.25) is 0 Å². The van der Waals surface area contributed by atoms with E-state index in [1.54, 1.807) is 36.1 Å². The van der Waals surface area contributed by atoms with Crippen LogP contribution in [0.15, 0.2) is 91.0 Å². The number of ketones is 1. The molecule has 4 aromatic rings. The summed E-state index contributed by atoms with van der Waals surface area (Å²) < 4.78 is 68.7. The van der Waals surface area contributed by atoms with E-state index in [4.69, 9.17) is 0 Å². The van der Waals surface area contributed by atoms with E-state index in [1.165, 1.54) is 24.3 Å². The van der Waals surface area contributed by atoms with E-state index in [0.717, 1.165) is 59.0 Å². The van der Waals surface area contributed by atoms with Crippen molar-refractivity contribution < 1.29 is 55.7 Å². The van der Waals surface area contributed by atoms with Gasteiger partial charge in [-0.1, -0.05) is 0 Å². The van der Waals surface area contributed by atoms with Gasteiger partial charge in [-0.25, -0.2) is 0 Å². The Morgan fingerprint density at radius 3 is 2.07 bits per heavy atom. The number of hydrogen-bond donors (Lipinski definition) is 0. The molecule has 0 bridgehead atoms. The van der Waals surface area contributed by atoms with Crippen molar-refractivity contribution >= 4 is 27.7 Å². The van der Waals surface area contributed by atoms with E-state index < -0.39 is 28.9 Å². The zero-order chi connectivity index (χ0) is 39.2. The Balaban J connectivity index is 1.42. The first-order valence-corrected chi connectivity index (χ1v) is 19.2. The Bertz CT molecular complexity index is 1970. The van der Waals surface area contributed by atoms with Crippen molar-refractivity contribution in [2.45, 2.75) is 70.8 Å². The Labute approximate surface area is 323 Å². The molecule has 1 saturated heterocycles. The van der Waals surface area contributed by atoms with Crippen molar-refractivity contribution in [3.63, 3.8) is 0 Å². The fraction of sp³-hybridized carbons (Fsp3) is 0.333. The molecule has 0 unspecified atom stereocenters. The minimum atomic E-state index is -4.43. The molecule has 6 nitrogen and oxygen atoms in total. The third-order valence-electron chi connectivity index (χ3n) is 10.3. The summed E-state index contributed by atoms with van der Waals surface area (Å²) in [5, 5.41) is 0. The number of rotatable bonds is 14. The first-order chi connectivity index (χ1) is 25.6. The molecule has 12 heteroatoms. The van der Waals surface area contributed by atoms with E-state index in [-0.39, 0.29) is 42.8 Å². The third kappa shape index (κ3) is 9.66. The second kappa shape index (κ2) is 17.4. The summed E-state index contributed by atoms with van der Waals surface area (Å²) in [5.74, 6) is -2.00. The van der Waals surface area contributed by atoms with Gasteiger partial charge in [0.1, 0.15) is 0 Å². The summed E-state index contributed by atoms with van der Waals surface area (Å²) in [6.07, 6.45) is -1.97. The standard InChI is InChI=1S/C42H42F5N3O3.W/c1-29(52)41(2,3)49-24-21-36(22-25-49)50(26-30-13-15-31(16-14-30)32-17-19-35(20-18-32)42(45,46)47)39(53)27-48(38-12-5-4-8-34(38)28-51)23-7-10-33-9-6-11-37(43)40(33)44;/h4-6,8-9,11-20,28,36H,7,10,21-22,24-27H2,1-3H3;. The average molecular weight is 916 g/mol. The summed E-state index contributed by atoms with van der Waals surface area (Å²) in [7, 11) is 0. The number of piperidine rings is 1. The van der Waals surface area contributed by atoms with Crippen molar-refractivity contribution in [1.82, 2.24) is 9.80 Å². The number of hydrogen-bond acceptors (Lipinski definition) is 5. The maximum atomic E-state index is 14.6. The quantitative estimate of drug-likeness (QED) is 0.0940. The summed E-state index contributed by atoms with van der Waals surface area (Å²) in [5.41, 5.74) is 1.91. The Morgan fingerprint density at radius 1 is 0.870 bits per heavy atom. The molecule has 0 aliphatic carbocycles. The molecule has 5 rings (SSSR count). The number of halogens is 5. The Kier molecular flexibility index (Phi) is 13.2. The second-order valence-electron chi connectivity index (χ2n) is 14.0. The van der Waals surface area contributed by atoms with Crippen LogP contribution in [0.1, 0.15) is 67.1 Å². The number of aryl methyl sites for hydroxylation is 1. The number of benzene rings is 4. The van der Waals surface area contributed by atoms with Crippen LogP contribution in [0.3, 0.4) is 0 Å². The van der Waals surface area contributed by atoms with Crippen molar-refractivity contribution in [2.24, 2.45) is 0 Å². The number of Topliss-reactive ketones (excluding diaryl/α,β-unsaturated/α-hetero) is 1. The van der Waals surface area contributed by atoms with Crippen LogP contribution in [0, 0.1) is 11.6 Å². The number of nitrogens with zero attached hydrogens (tertiary/aromatic N) is 3. The van der Waals surface area contributed by atoms with Crippen molar-refractivity contribution in [1.29, 1.82) is 0 Å². The predicted molar refractivity (Wildman–Crippen MR) is 196 cm³/mol. The molecule has 0 spiro atoms. The molecule has 284 valence electrons. The molecule has 1 fully saturated rings. The minimum absolute atomic E-state index is 0.0538. The van der Waals surface area contributed by atoms with Gasteiger partial charge >= 0.3 is 294 Å². The van der Waals surface area contributed by atoms with Crippen LogP contribution in [0.2, 0.25) is 0 Å². The molecule has 0 N–H and O–H groups in total. The molecular formula is C42H42F5N3O3W. The zero-order valence-corrected chi connectivity index (χ0v) is 33.3. The van der Waals surface area contributed by atoms with Crippen molar-refractivity contribution in [3.05, 3.63) is 125 Å². The molecule has 0 radical (unpaired) electrons. The fourth-order valence-corrected chi connectivity index (χ4v) is 7.67. The van der Waals surface area contributed by atoms with Gasteiger partial charge < -0.3 is 0 Å². The van der Waals surface area contributed by atoms with Crippen LogP contribution in [0.5, 0.6) is 0 Å². The van der Waals surface area contributed by atoms with Gasteiger partial charge in [-0.05, 0) is 12.1 Å². The topological polar surface area (TPSA) is 60.9 Å². The van der Waals surface area contributed by atoms with Crippen molar-refractivity contribution in [3.8, 4) is 11.1 Å². The number of amides is 1. The van der Waals surface area contributed by atoms with Gasteiger partial charge in [0.15, 0.2) is 0 Å². The number of carbonyl (C=O) groups is 3. The molecule has 0 aromatic heterocycles. The van der Waals surface area contributed by atoms with Gasteiger partial charge in [0.05, 0.1) is 5.56 Å². The molecular weight excluding hydrogens is 873 g/mol. The van der Waals surface area contributed by atoms with Crippen LogP contribution >= 0.6 is 0 Å². The monoisotopic (exact) mass is 915 g/mol. The van der Waals surface area contributed by atoms with Crippen LogP contribution in [0.25, 0.3) is 11.1 Å². The maximum absolute atomic E-state index is 14.6. The van der Waals surface area contributed by atoms with Crippen LogP contribution in [-0.2, 0) is 48.1 Å². The fourth-order valence-electron chi connectivity index (χ4n) is 6.72. The van der Waals surface area contributed by atoms with Gasteiger partial charge in [-0.2, -0.15) is 13.2 Å². The van der Waals surface area contributed by atoms with Gasteiger partial charge in [0.25, 0.3) is 0 Å². The molecule has 54 heavy (non-hydrogen) atoms. The molecule has 1 aliphatic heterocycles. The number of likely N-dealkylation sites (tertiary alicyclic amines) is 1. The predicted octanol–water partition coefficient (Wildman–Crippen LogP) is 8.44. The van der Waals surface area contributed by atoms with Crippen LogP contribution < -0.4 is 4.90 Å². The number of para-hydroxylation sites is 1. The first-order valence-electron chi connectivity index (χ1n) is 17.7. The first kappa shape index (κ1) is 40.8. The Morgan fingerprint density at radius 2 is 1.48 bits per heavy atom. The average Bonchev–Trinajstić information content (AvgIpc) is 3.16. The van der Waals surface area contributed by atoms with Crippen molar-refractivity contribution in [2.75, 3.05) is 24.5 Å². The summed E-state index contributed by atoms with van der Waals surface area (Å²) in [4.78, 5) is 45.0. The van der Waals surface area contributed by atoms with E-state index in [1.807, 2.05) is 43.0 Å².